The monoisotopic (exact) mass is 563 g/mol. The van der Waals surface area contributed by atoms with Crippen LogP contribution in [0.5, 0.6) is 0 Å². The van der Waals surface area contributed by atoms with Crippen LogP contribution in [0.4, 0.5) is 4.79 Å². The summed E-state index contributed by atoms with van der Waals surface area (Å²) in [5.74, 6) is -2.01. The molecule has 2 N–H and O–H groups in total. The number of carbonyl (C=O) groups is 4. The number of hydrogen-bond donors (Lipinski definition) is 2. The van der Waals surface area contributed by atoms with Gasteiger partial charge in [0.15, 0.2) is 0 Å². The van der Waals surface area contributed by atoms with E-state index in [1.807, 2.05) is 49.4 Å². The highest BCUT2D eigenvalue weighted by Crippen LogP contribution is 2.26. The Labute approximate surface area is 243 Å². The predicted molar refractivity (Wildman–Crippen MR) is 156 cm³/mol. The van der Waals surface area contributed by atoms with Gasteiger partial charge in [-0.05, 0) is 72.1 Å². The van der Waals surface area contributed by atoms with Crippen LogP contribution in [0.15, 0.2) is 48.5 Å². The molecular weight excluding hydrogens is 522 g/mol. The highest BCUT2D eigenvalue weighted by molar-refractivity contribution is 5.94. The van der Waals surface area contributed by atoms with Gasteiger partial charge in [-0.1, -0.05) is 60.5 Å². The third-order valence-electron chi connectivity index (χ3n) is 5.72. The van der Waals surface area contributed by atoms with Gasteiger partial charge in [-0.3, -0.25) is 14.5 Å². The Hall–Kier alpha value is -4.32. The molecule has 3 amide bonds. The minimum Gasteiger partial charge on any atom is -0.458 e. The van der Waals surface area contributed by atoms with Crippen molar-refractivity contribution in [1.29, 1.82) is 0 Å². The van der Waals surface area contributed by atoms with Gasteiger partial charge in [-0.25, -0.2) is 9.59 Å². The third-order valence-corrected chi connectivity index (χ3v) is 5.72. The van der Waals surface area contributed by atoms with E-state index in [0.29, 0.717) is 11.1 Å². The van der Waals surface area contributed by atoms with E-state index in [1.165, 1.54) is 0 Å². The molecule has 0 saturated carbocycles. The average molecular weight is 564 g/mol. The van der Waals surface area contributed by atoms with Crippen LogP contribution in [0, 0.1) is 26.3 Å². The Kier molecular flexibility index (Phi) is 11.1. The lowest BCUT2D eigenvalue weighted by Crippen LogP contribution is -2.51. The SMILES string of the molecule is C#CN(C(=O)CNC(=O)OC(C)(C)C)C(C(=O)NC(Cc1ccccc1)C(=O)OC(C)(C)C)c1cc(C)ccc1C. The number of carbonyl (C=O) groups excluding carboxylic acids is 4. The molecule has 2 rings (SSSR count). The molecule has 0 aliphatic heterocycles. The zero-order chi connectivity index (χ0) is 31.0. The minimum atomic E-state index is -1.30. The van der Waals surface area contributed by atoms with Crippen LogP contribution in [-0.4, -0.2) is 52.6 Å². The Balaban J connectivity index is 2.45. The highest BCUT2D eigenvalue weighted by Gasteiger charge is 2.36. The quantitative estimate of drug-likeness (QED) is 0.266. The largest absolute Gasteiger partial charge is 0.458 e. The number of amides is 3. The number of nitrogens with zero attached hydrogens (tertiary/aromatic N) is 1. The lowest BCUT2D eigenvalue weighted by atomic mass is 9.96. The number of nitrogens with one attached hydrogen (secondary N) is 2. The molecule has 2 unspecified atom stereocenters. The second kappa shape index (κ2) is 13.8. The van der Waals surface area contributed by atoms with Crippen molar-refractivity contribution in [1.82, 2.24) is 15.5 Å². The molecule has 9 heteroatoms. The zero-order valence-electron chi connectivity index (χ0n) is 25.2. The Bertz CT molecular complexity index is 1290. The van der Waals surface area contributed by atoms with Crippen LogP contribution in [0.2, 0.25) is 0 Å². The van der Waals surface area contributed by atoms with Gasteiger partial charge < -0.3 is 20.1 Å². The fourth-order valence-corrected chi connectivity index (χ4v) is 3.96. The first-order valence-electron chi connectivity index (χ1n) is 13.4. The van der Waals surface area contributed by atoms with Crippen LogP contribution < -0.4 is 10.6 Å². The summed E-state index contributed by atoms with van der Waals surface area (Å²) in [7, 11) is 0. The fraction of sp³-hybridized carbons (Fsp3) is 0.438. The van der Waals surface area contributed by atoms with Crippen LogP contribution in [-0.2, 0) is 30.3 Å². The first-order chi connectivity index (χ1) is 19.0. The van der Waals surface area contributed by atoms with E-state index in [0.717, 1.165) is 16.0 Å². The lowest BCUT2D eigenvalue weighted by molar-refractivity contribution is -0.159. The number of ether oxygens (including phenoxy) is 2. The maximum absolute atomic E-state index is 14.0. The van der Waals surface area contributed by atoms with Gasteiger partial charge in [0.2, 0.25) is 5.91 Å². The molecule has 2 aromatic rings. The average Bonchev–Trinajstić information content (AvgIpc) is 2.85. The van der Waals surface area contributed by atoms with E-state index in [1.54, 1.807) is 54.5 Å². The van der Waals surface area contributed by atoms with Crippen LogP contribution in [0.1, 0.15) is 69.8 Å². The molecule has 2 atom stereocenters. The van der Waals surface area contributed by atoms with E-state index < -0.39 is 53.7 Å². The van der Waals surface area contributed by atoms with Crippen molar-refractivity contribution in [2.75, 3.05) is 6.54 Å². The molecule has 0 saturated heterocycles. The Morgan fingerprint density at radius 2 is 1.54 bits per heavy atom. The Morgan fingerprint density at radius 1 is 0.927 bits per heavy atom. The number of esters is 1. The maximum atomic E-state index is 14.0. The summed E-state index contributed by atoms with van der Waals surface area (Å²) in [5, 5.41) is 5.17. The van der Waals surface area contributed by atoms with Gasteiger partial charge in [0.25, 0.3) is 5.91 Å². The molecule has 0 fully saturated rings. The van der Waals surface area contributed by atoms with Crippen molar-refractivity contribution in [2.45, 2.75) is 85.1 Å². The van der Waals surface area contributed by atoms with Gasteiger partial charge in [0.05, 0.1) is 0 Å². The maximum Gasteiger partial charge on any atom is 0.408 e. The number of rotatable bonds is 9. The summed E-state index contributed by atoms with van der Waals surface area (Å²) in [6.07, 6.45) is 5.14. The highest BCUT2D eigenvalue weighted by atomic mass is 16.6. The summed E-state index contributed by atoms with van der Waals surface area (Å²) >= 11 is 0. The molecule has 220 valence electrons. The molecule has 0 aliphatic carbocycles. The first-order valence-corrected chi connectivity index (χ1v) is 13.4. The molecule has 0 radical (unpaired) electrons. The normalized spacial score (nSPS) is 12.8. The molecule has 0 bridgehead atoms. The van der Waals surface area contributed by atoms with Crippen molar-refractivity contribution >= 4 is 23.9 Å². The first kappa shape index (κ1) is 32.9. The van der Waals surface area contributed by atoms with Crippen molar-refractivity contribution in [2.24, 2.45) is 0 Å². The summed E-state index contributed by atoms with van der Waals surface area (Å²) in [4.78, 5) is 53.6. The van der Waals surface area contributed by atoms with Crippen molar-refractivity contribution < 1.29 is 28.7 Å². The number of terminal acetylenes is 1. The molecule has 9 nitrogen and oxygen atoms in total. The number of alkyl carbamates (subject to hydrolysis) is 1. The van der Waals surface area contributed by atoms with Gasteiger partial charge >= 0.3 is 12.1 Å². The van der Waals surface area contributed by atoms with E-state index in [9.17, 15) is 19.2 Å². The molecule has 0 heterocycles. The molecular formula is C32H41N3O6. The van der Waals surface area contributed by atoms with Crippen LogP contribution in [0.3, 0.4) is 0 Å². The lowest BCUT2D eigenvalue weighted by Gasteiger charge is -2.30. The molecule has 0 spiro atoms. The van der Waals surface area contributed by atoms with Crippen molar-refractivity contribution in [3.05, 3.63) is 70.8 Å². The fourth-order valence-electron chi connectivity index (χ4n) is 3.96. The van der Waals surface area contributed by atoms with Crippen LogP contribution in [0.25, 0.3) is 0 Å². The van der Waals surface area contributed by atoms with Crippen molar-refractivity contribution in [3.8, 4) is 12.5 Å². The number of hydrogen-bond acceptors (Lipinski definition) is 6. The van der Waals surface area contributed by atoms with Gasteiger partial charge in [0.1, 0.15) is 29.8 Å². The molecule has 0 aromatic heterocycles. The molecule has 0 aliphatic rings. The number of benzene rings is 2. The van der Waals surface area contributed by atoms with Gasteiger partial charge in [0, 0.05) is 12.5 Å². The molecule has 41 heavy (non-hydrogen) atoms. The van der Waals surface area contributed by atoms with Gasteiger partial charge in [-0.15, -0.1) is 0 Å². The summed E-state index contributed by atoms with van der Waals surface area (Å²) in [6.45, 7) is 13.4. The van der Waals surface area contributed by atoms with E-state index >= 15 is 0 Å². The smallest absolute Gasteiger partial charge is 0.408 e. The van der Waals surface area contributed by atoms with Crippen molar-refractivity contribution in [3.63, 3.8) is 0 Å². The second-order valence-corrected chi connectivity index (χ2v) is 11.8. The summed E-state index contributed by atoms with van der Waals surface area (Å²) in [6, 6.07) is 14.6. The van der Waals surface area contributed by atoms with Crippen LogP contribution >= 0.6 is 0 Å². The van der Waals surface area contributed by atoms with E-state index in [2.05, 4.69) is 16.7 Å². The topological polar surface area (TPSA) is 114 Å². The summed E-state index contributed by atoms with van der Waals surface area (Å²) in [5.41, 5.74) is 1.27. The molecule has 2 aromatic carbocycles. The minimum absolute atomic E-state index is 0.158. The Morgan fingerprint density at radius 3 is 2.10 bits per heavy atom. The standard InChI is InChI=1S/C32H41N3O6/c1-10-35(26(36)20-33-30(39)41-32(7,8)9)27(24-18-21(2)16-17-22(24)3)28(37)34-25(29(38)40-31(4,5)6)19-23-14-12-11-13-15-23/h1,11-18,25,27H,19-20H2,2-9H3,(H,33,39)(H,34,37). The predicted octanol–water partition coefficient (Wildman–Crippen LogP) is 4.36. The zero-order valence-corrected chi connectivity index (χ0v) is 25.2. The summed E-state index contributed by atoms with van der Waals surface area (Å²) < 4.78 is 10.8. The van der Waals surface area contributed by atoms with E-state index in [-0.39, 0.29) is 6.42 Å². The van der Waals surface area contributed by atoms with Gasteiger partial charge in [-0.2, -0.15) is 0 Å². The van der Waals surface area contributed by atoms with E-state index in [4.69, 9.17) is 15.9 Å². The third kappa shape index (κ3) is 10.6. The second-order valence-electron chi connectivity index (χ2n) is 11.8. The number of aryl methyl sites for hydroxylation is 2.